The van der Waals surface area contributed by atoms with Crippen LogP contribution in [0.2, 0.25) is 0 Å². The first kappa shape index (κ1) is 10.9. The molecule has 2 rings (SSSR count). The van der Waals surface area contributed by atoms with Gasteiger partial charge in [-0.25, -0.2) is 9.97 Å². The van der Waals surface area contributed by atoms with E-state index in [2.05, 4.69) is 32.0 Å². The highest BCUT2D eigenvalue weighted by atomic mass is 79.9. The lowest BCUT2D eigenvalue weighted by molar-refractivity contribution is 1.08. The van der Waals surface area contributed by atoms with Gasteiger partial charge < -0.3 is 0 Å². The van der Waals surface area contributed by atoms with Gasteiger partial charge in [0.05, 0.1) is 5.52 Å². The van der Waals surface area contributed by atoms with Gasteiger partial charge in [-0.15, -0.1) is 11.8 Å². The Kier molecular flexibility index (Phi) is 3.97. The molecule has 0 aliphatic heterocycles. The molecular weight excluding hydrogens is 272 g/mol. The molecule has 1 aromatic carbocycles. The van der Waals surface area contributed by atoms with Crippen LogP contribution in [-0.4, -0.2) is 21.1 Å². The van der Waals surface area contributed by atoms with E-state index < -0.39 is 0 Å². The molecule has 2 nitrogen and oxygen atoms in total. The molecule has 0 fully saturated rings. The molecule has 0 saturated heterocycles. The van der Waals surface area contributed by atoms with Gasteiger partial charge in [-0.2, -0.15) is 0 Å². The van der Waals surface area contributed by atoms with Gasteiger partial charge in [-0.3, -0.25) is 0 Å². The van der Waals surface area contributed by atoms with Gasteiger partial charge in [0, 0.05) is 16.5 Å². The number of rotatable bonds is 4. The summed E-state index contributed by atoms with van der Waals surface area (Å²) in [5.74, 6) is 1.09. The van der Waals surface area contributed by atoms with Crippen LogP contribution in [0.25, 0.3) is 10.9 Å². The Balaban J connectivity index is 2.26. The van der Waals surface area contributed by atoms with Crippen molar-refractivity contribution in [1.29, 1.82) is 0 Å². The number of thioether (sulfide) groups is 1. The third-order valence-electron chi connectivity index (χ3n) is 2.02. The second-order valence-corrected chi connectivity index (χ2v) is 4.96. The summed E-state index contributed by atoms with van der Waals surface area (Å²) >= 11 is 5.22. The van der Waals surface area contributed by atoms with Crippen molar-refractivity contribution in [2.75, 3.05) is 11.1 Å². The molecule has 0 bridgehead atoms. The Labute approximate surface area is 102 Å². The quantitative estimate of drug-likeness (QED) is 0.372. The lowest BCUT2D eigenvalue weighted by atomic mass is 10.2. The van der Waals surface area contributed by atoms with Crippen LogP contribution in [0.15, 0.2) is 35.6 Å². The molecule has 15 heavy (non-hydrogen) atoms. The summed E-state index contributed by atoms with van der Waals surface area (Å²) in [6.07, 6.45) is 2.79. The molecule has 0 saturated carbocycles. The van der Waals surface area contributed by atoms with Gasteiger partial charge in [0.2, 0.25) is 0 Å². The largest absolute Gasteiger partial charge is 0.236 e. The second-order valence-electron chi connectivity index (χ2n) is 3.09. The molecule has 0 atom stereocenters. The highest BCUT2D eigenvalue weighted by Crippen LogP contribution is 2.24. The van der Waals surface area contributed by atoms with Crippen LogP contribution in [0.4, 0.5) is 0 Å². The fourth-order valence-electron chi connectivity index (χ4n) is 1.32. The summed E-state index contributed by atoms with van der Waals surface area (Å²) in [5, 5.41) is 3.28. The van der Waals surface area contributed by atoms with Crippen molar-refractivity contribution in [2.24, 2.45) is 0 Å². The van der Waals surface area contributed by atoms with Crippen molar-refractivity contribution in [3.05, 3.63) is 30.6 Å². The van der Waals surface area contributed by atoms with Gasteiger partial charge in [-0.1, -0.05) is 34.1 Å². The number of benzene rings is 1. The maximum absolute atomic E-state index is 4.32. The first-order valence-corrected chi connectivity index (χ1v) is 6.91. The molecule has 4 heteroatoms. The van der Waals surface area contributed by atoms with Crippen LogP contribution in [0.1, 0.15) is 6.42 Å². The average Bonchev–Trinajstić information content (AvgIpc) is 2.30. The summed E-state index contributed by atoms with van der Waals surface area (Å²) < 4.78 is 0. The number of fused-ring (bicyclic) bond motifs is 1. The van der Waals surface area contributed by atoms with E-state index in [0.717, 1.165) is 33.4 Å². The fourth-order valence-corrected chi connectivity index (χ4v) is 2.90. The van der Waals surface area contributed by atoms with E-state index >= 15 is 0 Å². The SMILES string of the molecule is BrCCCSc1ncnc2ccccc12. The average molecular weight is 283 g/mol. The normalized spacial score (nSPS) is 10.7. The highest BCUT2D eigenvalue weighted by molar-refractivity contribution is 9.09. The van der Waals surface area contributed by atoms with Gasteiger partial charge in [0.25, 0.3) is 0 Å². The third kappa shape index (κ3) is 2.69. The standard InChI is InChI=1S/C11H11BrN2S/c12-6-3-7-15-11-9-4-1-2-5-10(9)13-8-14-11/h1-2,4-5,8H,3,6-7H2. The zero-order chi connectivity index (χ0) is 10.5. The number of aromatic nitrogens is 2. The molecule has 0 aliphatic rings. The molecular formula is C11H11BrN2S. The minimum absolute atomic E-state index is 1.02. The van der Waals surface area contributed by atoms with Crippen LogP contribution < -0.4 is 0 Å². The van der Waals surface area contributed by atoms with Gasteiger partial charge in [-0.05, 0) is 12.5 Å². The van der Waals surface area contributed by atoms with E-state index in [1.54, 1.807) is 18.1 Å². The Bertz CT molecular complexity index is 442. The Morgan fingerprint density at radius 3 is 2.93 bits per heavy atom. The van der Waals surface area contributed by atoms with E-state index in [1.807, 2.05) is 18.2 Å². The molecule has 1 aromatic heterocycles. The molecule has 78 valence electrons. The number of alkyl halides is 1. The maximum Gasteiger partial charge on any atom is 0.117 e. The topological polar surface area (TPSA) is 25.8 Å². The molecule has 1 heterocycles. The zero-order valence-corrected chi connectivity index (χ0v) is 10.6. The van der Waals surface area contributed by atoms with Crippen molar-refractivity contribution in [2.45, 2.75) is 11.4 Å². The van der Waals surface area contributed by atoms with Crippen LogP contribution in [0.5, 0.6) is 0 Å². The molecule has 0 unspecified atom stereocenters. The number of para-hydroxylation sites is 1. The fraction of sp³-hybridized carbons (Fsp3) is 0.273. The van der Waals surface area contributed by atoms with Crippen molar-refractivity contribution in [3.63, 3.8) is 0 Å². The smallest absolute Gasteiger partial charge is 0.117 e. The minimum Gasteiger partial charge on any atom is -0.236 e. The van der Waals surface area contributed by atoms with Crippen LogP contribution in [-0.2, 0) is 0 Å². The van der Waals surface area contributed by atoms with E-state index in [1.165, 1.54) is 0 Å². The third-order valence-corrected chi connectivity index (χ3v) is 3.68. The summed E-state index contributed by atoms with van der Waals surface area (Å²) in [6, 6.07) is 8.12. The monoisotopic (exact) mass is 282 g/mol. The predicted molar refractivity (Wildman–Crippen MR) is 68.7 cm³/mol. The van der Waals surface area contributed by atoms with Gasteiger partial charge in [0.1, 0.15) is 11.4 Å². The number of hydrogen-bond acceptors (Lipinski definition) is 3. The zero-order valence-electron chi connectivity index (χ0n) is 8.19. The lowest BCUT2D eigenvalue weighted by Gasteiger charge is -2.03. The van der Waals surface area contributed by atoms with Crippen molar-refractivity contribution >= 4 is 38.6 Å². The van der Waals surface area contributed by atoms with Crippen molar-refractivity contribution in [1.82, 2.24) is 9.97 Å². The molecule has 0 N–H and O–H groups in total. The molecule has 2 aromatic rings. The number of nitrogens with zero attached hydrogens (tertiary/aromatic N) is 2. The highest BCUT2D eigenvalue weighted by Gasteiger charge is 2.02. The Hall–Kier alpha value is -0.610. The predicted octanol–water partition coefficient (Wildman–Crippen LogP) is 3.51. The van der Waals surface area contributed by atoms with Crippen molar-refractivity contribution < 1.29 is 0 Å². The second kappa shape index (κ2) is 5.47. The molecule has 0 aliphatic carbocycles. The Morgan fingerprint density at radius 2 is 2.07 bits per heavy atom. The molecule has 0 amide bonds. The van der Waals surface area contributed by atoms with Gasteiger partial charge in [0.15, 0.2) is 0 Å². The number of halogens is 1. The van der Waals surface area contributed by atoms with E-state index in [4.69, 9.17) is 0 Å². The first-order valence-electron chi connectivity index (χ1n) is 4.80. The maximum atomic E-state index is 4.32. The Morgan fingerprint density at radius 1 is 1.20 bits per heavy atom. The lowest BCUT2D eigenvalue weighted by Crippen LogP contribution is -1.88. The van der Waals surface area contributed by atoms with Crippen LogP contribution in [0.3, 0.4) is 0 Å². The van der Waals surface area contributed by atoms with Gasteiger partial charge >= 0.3 is 0 Å². The summed E-state index contributed by atoms with van der Waals surface area (Å²) in [7, 11) is 0. The van der Waals surface area contributed by atoms with Crippen molar-refractivity contribution in [3.8, 4) is 0 Å². The van der Waals surface area contributed by atoms with E-state index in [-0.39, 0.29) is 0 Å². The first-order chi connectivity index (χ1) is 7.42. The summed E-state index contributed by atoms with van der Waals surface area (Å²) in [4.78, 5) is 8.55. The minimum atomic E-state index is 1.02. The molecule has 0 radical (unpaired) electrons. The van der Waals surface area contributed by atoms with Crippen LogP contribution >= 0.6 is 27.7 Å². The van der Waals surface area contributed by atoms with E-state index in [0.29, 0.717) is 0 Å². The van der Waals surface area contributed by atoms with Crippen LogP contribution in [0, 0.1) is 0 Å². The summed E-state index contributed by atoms with van der Waals surface area (Å²) in [5.41, 5.74) is 1.02. The molecule has 0 spiro atoms. The summed E-state index contributed by atoms with van der Waals surface area (Å²) in [6.45, 7) is 0. The number of hydrogen-bond donors (Lipinski definition) is 0. The van der Waals surface area contributed by atoms with E-state index in [9.17, 15) is 0 Å².